The molecule has 1 heterocycles. The van der Waals surface area contributed by atoms with E-state index in [1.165, 1.54) is 47.4 Å². The third-order valence-corrected chi connectivity index (χ3v) is 11.8. The number of fused-ring (bicyclic) bond motifs is 2. The first-order valence-electron chi connectivity index (χ1n) is 21.1. The summed E-state index contributed by atoms with van der Waals surface area (Å²) < 4.78 is 25.6. The Balaban J connectivity index is 1.54. The minimum Gasteiger partial charge on any atom is -0.508 e. The number of benzene rings is 3. The Hall–Kier alpha value is -5.92. The molecule has 18 heteroatoms. The van der Waals surface area contributed by atoms with E-state index in [1.54, 1.807) is 30.3 Å². The number of unbranched alkanes of at least 4 members (excludes halogenated alkanes) is 2. The molecule has 1 saturated carbocycles. The van der Waals surface area contributed by atoms with E-state index < -0.39 is 39.6 Å². The summed E-state index contributed by atoms with van der Waals surface area (Å²) in [5.74, 6) is -2.55. The molecule has 3 aromatic rings. The van der Waals surface area contributed by atoms with Crippen LogP contribution in [-0.4, -0.2) is 105 Å². The molecule has 1 amide bonds. The molecular formula is C45H54N4O14. The van der Waals surface area contributed by atoms with Gasteiger partial charge in [0.05, 0.1) is 47.9 Å². The van der Waals surface area contributed by atoms with E-state index in [9.17, 15) is 45.4 Å². The minimum atomic E-state index is -1.68. The number of carbonyl (C=O) groups is 1. The molecule has 63 heavy (non-hydrogen) atoms. The van der Waals surface area contributed by atoms with Crippen molar-refractivity contribution in [2.75, 3.05) is 46.2 Å². The number of hydrogen-bond acceptors (Lipinski definition) is 15. The smallest absolute Gasteiger partial charge is 0.415 e. The Morgan fingerprint density at radius 3 is 2.25 bits per heavy atom. The zero-order valence-electron chi connectivity index (χ0n) is 34.9. The van der Waals surface area contributed by atoms with Gasteiger partial charge in [-0.25, -0.2) is 4.79 Å². The van der Waals surface area contributed by atoms with E-state index in [1.807, 2.05) is 0 Å². The lowest BCUT2D eigenvalue weighted by atomic mass is 9.55. The first-order valence-corrected chi connectivity index (χ1v) is 21.1. The van der Waals surface area contributed by atoms with Crippen molar-refractivity contribution in [3.05, 3.63) is 122 Å². The van der Waals surface area contributed by atoms with Gasteiger partial charge in [0, 0.05) is 61.9 Å². The maximum Gasteiger partial charge on any atom is 0.415 e. The Bertz CT molecular complexity index is 2110. The summed E-state index contributed by atoms with van der Waals surface area (Å²) in [4.78, 5) is 43.8. The number of carbonyl (C=O) groups excluding carboxylic acids is 1. The summed E-state index contributed by atoms with van der Waals surface area (Å²) in [6.45, 7) is 3.43. The summed E-state index contributed by atoms with van der Waals surface area (Å²) in [7, 11) is 0. The molecule has 338 valence electrons. The second-order valence-corrected chi connectivity index (χ2v) is 15.6. The van der Waals surface area contributed by atoms with Crippen LogP contribution in [0.5, 0.6) is 17.2 Å². The van der Waals surface area contributed by atoms with Gasteiger partial charge in [0.25, 0.3) is 11.4 Å². The van der Waals surface area contributed by atoms with Crippen molar-refractivity contribution in [2.45, 2.75) is 69.3 Å². The number of rotatable bonds is 23. The fourth-order valence-corrected chi connectivity index (χ4v) is 9.06. The number of allylic oxidation sites excluding steroid dienone is 1. The molecule has 1 fully saturated rings. The first kappa shape index (κ1) is 46.6. The Kier molecular flexibility index (Phi) is 16.2. The predicted molar refractivity (Wildman–Crippen MR) is 228 cm³/mol. The van der Waals surface area contributed by atoms with Crippen molar-refractivity contribution in [1.82, 2.24) is 4.90 Å². The Labute approximate surface area is 364 Å². The van der Waals surface area contributed by atoms with E-state index in [4.69, 9.17) is 28.9 Å². The van der Waals surface area contributed by atoms with Gasteiger partial charge >= 0.3 is 6.09 Å². The minimum absolute atomic E-state index is 0.000876. The van der Waals surface area contributed by atoms with Crippen LogP contribution >= 0.6 is 0 Å². The topological polar surface area (TPSA) is 246 Å². The highest BCUT2D eigenvalue weighted by Gasteiger charge is 2.65. The van der Waals surface area contributed by atoms with Crippen LogP contribution in [0.25, 0.3) is 0 Å². The number of nitro groups is 2. The van der Waals surface area contributed by atoms with Gasteiger partial charge in [-0.3, -0.25) is 25.1 Å². The largest absolute Gasteiger partial charge is 0.508 e. The SMILES string of the molecule is C=CCOC12Oc3ccc(O)cc3C3C(CCCCO)C(CCCCO)C=C(C(=NOCc4ccc([N+](=O)[O-])cc4)CC1N(CCOCCO)C(=O)Oc1ccc([N+](=O)[O-])cc1)C32. The van der Waals surface area contributed by atoms with Crippen molar-refractivity contribution in [3.8, 4) is 17.2 Å². The summed E-state index contributed by atoms with van der Waals surface area (Å²) in [6, 6.07) is 14.8. The molecule has 3 aromatic carbocycles. The normalized spacial score (nSPS) is 22.8. The number of aromatic hydroxyl groups is 1. The molecule has 6 atom stereocenters. The lowest BCUT2D eigenvalue weighted by Crippen LogP contribution is -2.70. The molecule has 6 rings (SSSR count). The molecule has 3 aliphatic rings. The number of hydrogen-bond donors (Lipinski definition) is 4. The van der Waals surface area contributed by atoms with Gasteiger partial charge in [-0.1, -0.05) is 30.1 Å². The third kappa shape index (κ3) is 10.8. The van der Waals surface area contributed by atoms with Gasteiger partial charge < -0.3 is 44.2 Å². The van der Waals surface area contributed by atoms with Gasteiger partial charge in [0.1, 0.15) is 29.9 Å². The molecule has 1 aliphatic heterocycles. The monoisotopic (exact) mass is 874 g/mol. The van der Waals surface area contributed by atoms with E-state index in [-0.39, 0.29) is 93.9 Å². The standard InChI is InChI=1S/C45H54N4O14/c1-2-23-60-45-41(47(19-24-59-25-22-52)44(54)62-35-16-13-33(14-17-35)49(57)58)28-39(46-61-29-30-9-11-32(12-10-30)48(55)56)37-26-31(7-3-5-20-50)36(8-4-6-21-51)42(43(37)45)38-27-34(53)15-18-40(38)63-45/h2,9-18,26-27,31,36,41-43,50-53H,1,3-8,19-25,28-29H2. The van der Waals surface area contributed by atoms with E-state index in [2.05, 4.69) is 12.7 Å². The molecule has 0 radical (unpaired) electrons. The second kappa shape index (κ2) is 21.9. The van der Waals surface area contributed by atoms with E-state index in [0.717, 1.165) is 5.57 Å². The number of nitro benzene ring substituents is 2. The molecule has 0 aromatic heterocycles. The summed E-state index contributed by atoms with van der Waals surface area (Å²) in [6.07, 6.45) is 6.72. The fourth-order valence-electron chi connectivity index (χ4n) is 9.06. The van der Waals surface area contributed by atoms with Crippen LogP contribution in [0.4, 0.5) is 16.2 Å². The highest BCUT2D eigenvalue weighted by atomic mass is 16.7. The zero-order valence-corrected chi connectivity index (χ0v) is 34.9. The van der Waals surface area contributed by atoms with Crippen LogP contribution in [0, 0.1) is 38.0 Å². The van der Waals surface area contributed by atoms with Crippen LogP contribution in [0.1, 0.15) is 62.0 Å². The number of nitrogens with zero attached hydrogens (tertiary/aromatic N) is 4. The number of phenolic OH excluding ortho intramolecular Hbond substituents is 1. The molecule has 0 saturated heterocycles. The van der Waals surface area contributed by atoms with E-state index in [0.29, 0.717) is 61.1 Å². The number of phenols is 1. The van der Waals surface area contributed by atoms with Gasteiger partial charge in [-0.15, -0.1) is 6.58 Å². The van der Waals surface area contributed by atoms with Crippen molar-refractivity contribution in [3.63, 3.8) is 0 Å². The van der Waals surface area contributed by atoms with Crippen molar-refractivity contribution in [1.29, 1.82) is 0 Å². The number of aliphatic hydroxyl groups excluding tert-OH is 3. The number of ether oxygens (including phenoxy) is 4. The van der Waals surface area contributed by atoms with Crippen LogP contribution < -0.4 is 9.47 Å². The molecule has 18 nitrogen and oxygen atoms in total. The van der Waals surface area contributed by atoms with Crippen LogP contribution in [0.3, 0.4) is 0 Å². The van der Waals surface area contributed by atoms with Crippen LogP contribution in [0.15, 0.2) is 96.2 Å². The lowest BCUT2D eigenvalue weighted by molar-refractivity contribution is -0.385. The fraction of sp³-hybridized carbons (Fsp3) is 0.467. The lowest BCUT2D eigenvalue weighted by Gasteiger charge is -2.59. The zero-order chi connectivity index (χ0) is 44.9. The van der Waals surface area contributed by atoms with Gasteiger partial charge in [0.2, 0.25) is 5.79 Å². The quantitative estimate of drug-likeness (QED) is 0.0342. The van der Waals surface area contributed by atoms with Gasteiger partial charge in [-0.2, -0.15) is 0 Å². The molecule has 2 aliphatic carbocycles. The van der Waals surface area contributed by atoms with Crippen LogP contribution in [0.2, 0.25) is 0 Å². The number of aliphatic hydroxyl groups is 3. The summed E-state index contributed by atoms with van der Waals surface area (Å²) in [5.41, 5.74) is 2.22. The Morgan fingerprint density at radius 1 is 0.921 bits per heavy atom. The first-order chi connectivity index (χ1) is 30.5. The van der Waals surface area contributed by atoms with Crippen molar-refractivity contribution >= 4 is 23.2 Å². The molecule has 0 bridgehead atoms. The van der Waals surface area contributed by atoms with Crippen molar-refractivity contribution < 1.29 is 58.9 Å². The summed E-state index contributed by atoms with van der Waals surface area (Å²) in [5, 5.41) is 67.7. The number of non-ortho nitro benzene ring substituents is 2. The average Bonchev–Trinajstić information content (AvgIpc) is 3.27. The van der Waals surface area contributed by atoms with Crippen molar-refractivity contribution in [2.24, 2.45) is 22.9 Å². The Morgan fingerprint density at radius 2 is 1.60 bits per heavy atom. The average molecular weight is 875 g/mol. The van der Waals surface area contributed by atoms with E-state index >= 15 is 0 Å². The number of oxime groups is 1. The number of amides is 1. The predicted octanol–water partition coefficient (Wildman–Crippen LogP) is 6.55. The third-order valence-electron chi connectivity index (χ3n) is 11.8. The van der Waals surface area contributed by atoms with Gasteiger partial charge in [0.15, 0.2) is 0 Å². The van der Waals surface area contributed by atoms with Crippen LogP contribution in [-0.2, 0) is 20.9 Å². The highest BCUT2D eigenvalue weighted by Crippen LogP contribution is 2.62. The highest BCUT2D eigenvalue weighted by molar-refractivity contribution is 6.03. The molecule has 0 spiro atoms. The molecular weight excluding hydrogens is 821 g/mol. The second-order valence-electron chi connectivity index (χ2n) is 15.6. The maximum atomic E-state index is 14.7. The molecule has 6 unspecified atom stereocenters. The molecule has 4 N–H and O–H groups in total. The maximum absolute atomic E-state index is 14.7. The van der Waals surface area contributed by atoms with Gasteiger partial charge in [-0.05, 0) is 91.1 Å². The summed E-state index contributed by atoms with van der Waals surface area (Å²) >= 11 is 0.